The van der Waals surface area contributed by atoms with Crippen LogP contribution in [0.15, 0.2) is 18.2 Å². The molecule has 6 heteroatoms. The van der Waals surface area contributed by atoms with E-state index in [1.165, 1.54) is 18.6 Å². The molecule has 150 valence electrons. The molecular formula is C21H31NO3S2. The van der Waals surface area contributed by atoms with Crippen LogP contribution in [0.3, 0.4) is 0 Å². The predicted octanol–water partition coefficient (Wildman–Crippen LogP) is 5.38. The van der Waals surface area contributed by atoms with Crippen molar-refractivity contribution in [1.29, 1.82) is 0 Å². The Morgan fingerprint density at radius 2 is 2.04 bits per heavy atom. The zero-order valence-electron chi connectivity index (χ0n) is 16.4. The van der Waals surface area contributed by atoms with Crippen LogP contribution in [0.4, 0.5) is 0 Å². The molecule has 1 aromatic carbocycles. The summed E-state index contributed by atoms with van der Waals surface area (Å²) < 4.78 is 11.5. The molecular weight excluding hydrogens is 378 g/mol. The third-order valence-electron chi connectivity index (χ3n) is 5.02. The van der Waals surface area contributed by atoms with Crippen LogP contribution in [0.2, 0.25) is 0 Å². The smallest absolute Gasteiger partial charge is 0.220 e. The van der Waals surface area contributed by atoms with E-state index in [1.807, 2.05) is 39.8 Å². The zero-order chi connectivity index (χ0) is 19.1. The first-order valence-electron chi connectivity index (χ1n) is 10.1. The van der Waals surface area contributed by atoms with E-state index in [0.29, 0.717) is 25.6 Å². The minimum atomic E-state index is -0.00330. The van der Waals surface area contributed by atoms with Crippen LogP contribution < -0.4 is 14.8 Å². The summed E-state index contributed by atoms with van der Waals surface area (Å²) in [6.07, 6.45) is 6.17. The Kier molecular flexibility index (Phi) is 8.07. The van der Waals surface area contributed by atoms with Crippen molar-refractivity contribution in [3.63, 3.8) is 0 Å². The number of benzene rings is 1. The maximum Gasteiger partial charge on any atom is 0.220 e. The lowest BCUT2D eigenvalue weighted by Crippen LogP contribution is -2.31. The zero-order valence-corrected chi connectivity index (χ0v) is 18.0. The van der Waals surface area contributed by atoms with Gasteiger partial charge in [0, 0.05) is 23.8 Å². The Labute approximate surface area is 170 Å². The van der Waals surface area contributed by atoms with Crippen molar-refractivity contribution in [3.8, 4) is 11.5 Å². The largest absolute Gasteiger partial charge is 0.490 e. The van der Waals surface area contributed by atoms with Crippen LogP contribution in [0.25, 0.3) is 0 Å². The lowest BCUT2D eigenvalue weighted by molar-refractivity contribution is -0.122. The van der Waals surface area contributed by atoms with Crippen molar-refractivity contribution >= 4 is 27.5 Å². The van der Waals surface area contributed by atoms with Crippen LogP contribution >= 0.6 is 21.6 Å². The highest BCUT2D eigenvalue weighted by Crippen LogP contribution is 2.40. The molecule has 1 saturated heterocycles. The molecule has 27 heavy (non-hydrogen) atoms. The molecule has 0 bridgehead atoms. The molecule has 1 amide bonds. The van der Waals surface area contributed by atoms with Gasteiger partial charge in [0.15, 0.2) is 11.5 Å². The summed E-state index contributed by atoms with van der Waals surface area (Å²) in [6.45, 7) is 5.65. The Balaban J connectivity index is 1.52. The number of nitrogens with one attached hydrogen (secondary N) is 1. The van der Waals surface area contributed by atoms with E-state index in [1.54, 1.807) is 0 Å². The molecule has 2 heterocycles. The number of amides is 1. The lowest BCUT2D eigenvalue weighted by Gasteiger charge is -2.24. The number of unbranched alkanes of at least 4 members (excludes halogenated alkanes) is 1. The van der Waals surface area contributed by atoms with E-state index in [4.69, 9.17) is 9.47 Å². The first-order chi connectivity index (χ1) is 13.1. The molecule has 1 N–H and O–H groups in total. The van der Waals surface area contributed by atoms with Crippen LogP contribution in [0, 0.1) is 5.92 Å². The number of fused-ring (bicyclic) bond motifs is 1. The molecule has 0 saturated carbocycles. The van der Waals surface area contributed by atoms with Crippen molar-refractivity contribution in [3.05, 3.63) is 23.8 Å². The summed E-state index contributed by atoms with van der Waals surface area (Å²) in [7, 11) is 4.00. The van der Waals surface area contributed by atoms with E-state index in [2.05, 4.69) is 19.2 Å². The van der Waals surface area contributed by atoms with Gasteiger partial charge in [-0.25, -0.2) is 0 Å². The normalized spacial score (nSPS) is 20.3. The number of hydrogen-bond donors (Lipinski definition) is 1. The Morgan fingerprint density at radius 3 is 2.78 bits per heavy atom. The second kappa shape index (κ2) is 10.5. The van der Waals surface area contributed by atoms with Crippen molar-refractivity contribution in [1.82, 2.24) is 5.32 Å². The molecule has 1 fully saturated rings. The fourth-order valence-electron chi connectivity index (χ4n) is 3.48. The van der Waals surface area contributed by atoms with Gasteiger partial charge in [0.25, 0.3) is 0 Å². The number of ether oxygens (including phenoxy) is 2. The minimum Gasteiger partial charge on any atom is -0.490 e. The highest BCUT2D eigenvalue weighted by molar-refractivity contribution is 8.77. The first-order valence-corrected chi connectivity index (χ1v) is 12.5. The number of carbonyl (C=O) groups is 1. The van der Waals surface area contributed by atoms with E-state index in [-0.39, 0.29) is 11.9 Å². The van der Waals surface area contributed by atoms with Gasteiger partial charge >= 0.3 is 0 Å². The SMILES string of the molecule is CC(C)[C@H](NC(=O)CCCC[C@@H]1CCSS1)c1ccc2c(c1)OCCCO2. The van der Waals surface area contributed by atoms with Crippen molar-refractivity contribution in [2.45, 2.75) is 63.7 Å². The van der Waals surface area contributed by atoms with Crippen molar-refractivity contribution in [2.75, 3.05) is 19.0 Å². The topological polar surface area (TPSA) is 47.6 Å². The summed E-state index contributed by atoms with van der Waals surface area (Å²) in [4.78, 5) is 12.5. The summed E-state index contributed by atoms with van der Waals surface area (Å²) in [5.41, 5.74) is 1.09. The highest BCUT2D eigenvalue weighted by Gasteiger charge is 2.21. The molecule has 0 spiro atoms. The molecule has 3 rings (SSSR count). The van der Waals surface area contributed by atoms with E-state index < -0.39 is 0 Å². The molecule has 0 aliphatic carbocycles. The lowest BCUT2D eigenvalue weighted by atomic mass is 9.95. The molecule has 0 radical (unpaired) electrons. The molecule has 2 aliphatic rings. The van der Waals surface area contributed by atoms with Gasteiger partial charge in [-0.3, -0.25) is 4.79 Å². The molecule has 4 nitrogen and oxygen atoms in total. The number of rotatable bonds is 8. The average molecular weight is 410 g/mol. The second-order valence-electron chi connectivity index (χ2n) is 7.62. The molecule has 2 atom stereocenters. The fourth-order valence-corrected chi connectivity index (χ4v) is 6.50. The summed E-state index contributed by atoms with van der Waals surface area (Å²) in [5, 5.41) is 4.03. The van der Waals surface area contributed by atoms with Crippen LogP contribution in [0.1, 0.15) is 64.0 Å². The molecule has 0 unspecified atom stereocenters. The highest BCUT2D eigenvalue weighted by atomic mass is 33.1. The minimum absolute atomic E-state index is 0.00330. The number of carbonyl (C=O) groups excluding carboxylic acids is 1. The Bertz CT molecular complexity index is 617. The number of hydrogen-bond acceptors (Lipinski definition) is 5. The summed E-state index contributed by atoms with van der Waals surface area (Å²) in [5.74, 6) is 3.33. The summed E-state index contributed by atoms with van der Waals surface area (Å²) >= 11 is 0. The third kappa shape index (κ3) is 6.24. The summed E-state index contributed by atoms with van der Waals surface area (Å²) in [6, 6.07) is 6.04. The standard InChI is InChI=1S/C21H31NO3S2/c1-15(2)21(16-8-9-18-19(14-16)25-12-5-11-24-18)22-20(23)7-4-3-6-17-10-13-26-27-17/h8-9,14-15,17,21H,3-7,10-13H2,1-2H3,(H,22,23)/t17-,21+/m1/s1. The van der Waals surface area contributed by atoms with Gasteiger partial charge < -0.3 is 14.8 Å². The maximum atomic E-state index is 12.5. The van der Waals surface area contributed by atoms with Gasteiger partial charge in [0.1, 0.15) is 0 Å². The monoisotopic (exact) mass is 409 g/mol. The van der Waals surface area contributed by atoms with Gasteiger partial charge in [-0.05, 0) is 42.9 Å². The van der Waals surface area contributed by atoms with Gasteiger partial charge in [0.05, 0.1) is 19.3 Å². The molecule has 2 aliphatic heterocycles. The molecule has 1 aromatic rings. The van der Waals surface area contributed by atoms with Crippen LogP contribution in [-0.2, 0) is 4.79 Å². The second-order valence-corrected chi connectivity index (χ2v) is 10.4. The first kappa shape index (κ1) is 20.7. The maximum absolute atomic E-state index is 12.5. The van der Waals surface area contributed by atoms with Gasteiger partial charge in [-0.2, -0.15) is 0 Å². The van der Waals surface area contributed by atoms with Crippen LogP contribution in [0.5, 0.6) is 11.5 Å². The third-order valence-corrected chi connectivity index (χ3v) is 8.03. The Hall–Kier alpha value is -1.01. The van der Waals surface area contributed by atoms with Gasteiger partial charge in [-0.15, -0.1) is 0 Å². The quantitative estimate of drug-likeness (QED) is 0.462. The average Bonchev–Trinajstić information content (AvgIpc) is 3.06. The van der Waals surface area contributed by atoms with E-state index in [9.17, 15) is 4.79 Å². The van der Waals surface area contributed by atoms with Crippen molar-refractivity contribution < 1.29 is 14.3 Å². The van der Waals surface area contributed by atoms with Gasteiger partial charge in [0.2, 0.25) is 5.91 Å². The van der Waals surface area contributed by atoms with Crippen LogP contribution in [-0.4, -0.2) is 30.1 Å². The predicted molar refractivity (Wildman–Crippen MR) is 115 cm³/mol. The van der Waals surface area contributed by atoms with Crippen molar-refractivity contribution in [2.24, 2.45) is 5.92 Å². The van der Waals surface area contributed by atoms with Gasteiger partial charge in [-0.1, -0.05) is 47.9 Å². The van der Waals surface area contributed by atoms with E-state index in [0.717, 1.165) is 41.6 Å². The Morgan fingerprint density at radius 1 is 1.22 bits per heavy atom. The molecule has 0 aromatic heterocycles. The fraction of sp³-hybridized carbons (Fsp3) is 0.667. The van der Waals surface area contributed by atoms with E-state index >= 15 is 0 Å².